The van der Waals surface area contributed by atoms with E-state index in [1.165, 1.54) is 15.9 Å². The first-order valence-corrected chi connectivity index (χ1v) is 10.2. The van der Waals surface area contributed by atoms with Crippen LogP contribution in [0.5, 0.6) is 0 Å². The molecule has 1 aromatic carbocycles. The lowest BCUT2D eigenvalue weighted by Gasteiger charge is -2.36. The Bertz CT molecular complexity index is 1140. The summed E-state index contributed by atoms with van der Waals surface area (Å²) < 4.78 is 11.2. The van der Waals surface area contributed by atoms with Crippen molar-refractivity contribution in [3.8, 4) is 0 Å². The molecule has 2 aromatic rings. The minimum Gasteiger partial charge on any atom is -0.503 e. The summed E-state index contributed by atoms with van der Waals surface area (Å²) in [7, 11) is 1.60. The van der Waals surface area contributed by atoms with Crippen LogP contribution in [0.2, 0.25) is 0 Å². The molecule has 3 aliphatic rings. The Morgan fingerprint density at radius 3 is 2.68 bits per heavy atom. The van der Waals surface area contributed by atoms with Crippen molar-refractivity contribution in [2.24, 2.45) is 0 Å². The van der Waals surface area contributed by atoms with Crippen molar-refractivity contribution < 1.29 is 28.6 Å². The van der Waals surface area contributed by atoms with E-state index in [2.05, 4.69) is 0 Å². The number of likely N-dealkylation sites (N-methyl/N-ethyl adjacent to an activating group) is 1. The Hall–Kier alpha value is -3.39. The van der Waals surface area contributed by atoms with E-state index >= 15 is 0 Å². The highest BCUT2D eigenvalue weighted by Gasteiger charge is 2.65. The van der Waals surface area contributed by atoms with Gasteiger partial charge >= 0.3 is 0 Å². The van der Waals surface area contributed by atoms with Crippen LogP contribution in [0.3, 0.4) is 0 Å². The number of carbonyl (C=O) groups excluding carboxylic acids is 3. The van der Waals surface area contributed by atoms with Crippen molar-refractivity contribution in [2.75, 3.05) is 25.1 Å². The van der Waals surface area contributed by atoms with Crippen LogP contribution in [-0.2, 0) is 19.9 Å². The van der Waals surface area contributed by atoms with E-state index in [-0.39, 0.29) is 24.0 Å². The normalized spacial score (nSPS) is 25.3. The monoisotopic (exact) mass is 422 g/mol. The van der Waals surface area contributed by atoms with Gasteiger partial charge in [0.05, 0.1) is 11.7 Å². The lowest BCUT2D eigenvalue weighted by Crippen LogP contribution is -2.55. The van der Waals surface area contributed by atoms with Crippen LogP contribution < -0.4 is 4.90 Å². The molecule has 2 unspecified atom stereocenters. The molecule has 1 fully saturated rings. The van der Waals surface area contributed by atoms with Crippen molar-refractivity contribution in [1.29, 1.82) is 0 Å². The maximum atomic E-state index is 13.8. The van der Waals surface area contributed by atoms with Crippen molar-refractivity contribution in [3.05, 3.63) is 64.8 Å². The number of Topliss-reactive ketones (excluding diaryl/α,β-unsaturated/α-hetero) is 1. The average molecular weight is 422 g/mol. The van der Waals surface area contributed by atoms with Gasteiger partial charge in [0, 0.05) is 31.5 Å². The molecule has 31 heavy (non-hydrogen) atoms. The van der Waals surface area contributed by atoms with Crippen LogP contribution >= 0.6 is 0 Å². The molecule has 8 nitrogen and oxygen atoms in total. The Morgan fingerprint density at radius 1 is 1.23 bits per heavy atom. The quantitative estimate of drug-likeness (QED) is 0.760. The zero-order valence-corrected chi connectivity index (χ0v) is 17.3. The number of para-hydroxylation sites is 1. The van der Waals surface area contributed by atoms with Gasteiger partial charge < -0.3 is 24.1 Å². The van der Waals surface area contributed by atoms with Crippen LogP contribution in [0.25, 0.3) is 0 Å². The molecule has 4 heterocycles. The summed E-state index contributed by atoms with van der Waals surface area (Å²) in [6.07, 6.45) is 1.30. The zero-order valence-electron chi connectivity index (χ0n) is 17.3. The standard InChI is InChI=1S/C23H22N2O6/c1-13-9-10-17(31-13)19(26)18-20(27)21(28)25(12-14-6-5-11-30-14)23(18)15-7-3-4-8-16(15)24(2)22(23)29/h3-4,7-10,14,27H,5-6,11-12H2,1-2H3. The highest BCUT2D eigenvalue weighted by molar-refractivity contribution is 6.25. The van der Waals surface area contributed by atoms with Crippen molar-refractivity contribution in [1.82, 2.24) is 4.90 Å². The van der Waals surface area contributed by atoms with Crippen molar-refractivity contribution >= 4 is 23.3 Å². The van der Waals surface area contributed by atoms with Crippen LogP contribution in [0.15, 0.2) is 52.1 Å². The van der Waals surface area contributed by atoms with Gasteiger partial charge in [-0.15, -0.1) is 0 Å². The summed E-state index contributed by atoms with van der Waals surface area (Å²) in [6, 6.07) is 10.1. The molecule has 0 aliphatic carbocycles. The third-order valence-corrected chi connectivity index (χ3v) is 6.32. The Kier molecular flexibility index (Phi) is 4.30. The van der Waals surface area contributed by atoms with Gasteiger partial charge in [0.25, 0.3) is 11.8 Å². The zero-order chi connectivity index (χ0) is 21.9. The van der Waals surface area contributed by atoms with Gasteiger partial charge in [0.2, 0.25) is 5.78 Å². The fourth-order valence-corrected chi connectivity index (χ4v) is 4.90. The van der Waals surface area contributed by atoms with E-state index in [9.17, 15) is 19.5 Å². The van der Waals surface area contributed by atoms with Gasteiger partial charge in [-0.05, 0) is 38.0 Å². The summed E-state index contributed by atoms with van der Waals surface area (Å²) >= 11 is 0. The number of aryl methyl sites for hydroxylation is 1. The lowest BCUT2D eigenvalue weighted by molar-refractivity contribution is -0.141. The van der Waals surface area contributed by atoms with E-state index in [1.807, 2.05) is 0 Å². The number of fused-ring (bicyclic) bond motifs is 2. The first kappa shape index (κ1) is 19.6. The first-order valence-electron chi connectivity index (χ1n) is 10.2. The molecule has 0 radical (unpaired) electrons. The molecule has 0 bridgehead atoms. The minimum absolute atomic E-state index is 0.0370. The average Bonchev–Trinajstić information content (AvgIpc) is 3.52. The smallest absolute Gasteiger partial charge is 0.290 e. The molecule has 5 rings (SSSR count). The van der Waals surface area contributed by atoms with Crippen LogP contribution in [0.4, 0.5) is 5.69 Å². The predicted molar refractivity (Wildman–Crippen MR) is 110 cm³/mol. The summed E-state index contributed by atoms with van der Waals surface area (Å²) in [5, 5.41) is 10.9. The van der Waals surface area contributed by atoms with Crippen LogP contribution in [0.1, 0.15) is 34.7 Å². The SMILES string of the molecule is Cc1ccc(C(=O)C2=C(O)C(=O)N(CC3CCCO3)C23C(=O)N(C)c2ccccc23)o1. The molecule has 160 valence electrons. The molecule has 0 saturated carbocycles. The number of rotatable bonds is 4. The van der Waals surface area contributed by atoms with E-state index < -0.39 is 28.9 Å². The van der Waals surface area contributed by atoms with E-state index in [4.69, 9.17) is 9.15 Å². The number of carbonyl (C=O) groups is 3. The topological polar surface area (TPSA) is 100 Å². The third kappa shape index (κ3) is 2.54. The van der Waals surface area contributed by atoms with Gasteiger partial charge in [-0.3, -0.25) is 14.4 Å². The number of hydrogen-bond donors (Lipinski definition) is 1. The highest BCUT2D eigenvalue weighted by atomic mass is 16.5. The number of aliphatic hydroxyl groups excluding tert-OH is 1. The second-order valence-electron chi connectivity index (χ2n) is 8.11. The number of benzene rings is 1. The van der Waals surface area contributed by atoms with E-state index in [0.717, 1.165) is 12.8 Å². The number of nitrogens with zero attached hydrogens (tertiary/aromatic N) is 2. The Morgan fingerprint density at radius 2 is 2.00 bits per heavy atom. The predicted octanol–water partition coefficient (Wildman–Crippen LogP) is 2.48. The summed E-state index contributed by atoms with van der Waals surface area (Å²) in [5.74, 6) is -2.18. The lowest BCUT2D eigenvalue weighted by atomic mass is 9.81. The Labute approximate surface area is 178 Å². The van der Waals surface area contributed by atoms with Gasteiger partial charge in [-0.25, -0.2) is 0 Å². The number of furan rings is 1. The molecular formula is C23H22N2O6. The summed E-state index contributed by atoms with van der Waals surface area (Å²) in [5.41, 5.74) is -0.986. The van der Waals surface area contributed by atoms with Gasteiger partial charge in [-0.1, -0.05) is 18.2 Å². The van der Waals surface area contributed by atoms with Crippen molar-refractivity contribution in [2.45, 2.75) is 31.4 Å². The molecule has 1 N–H and O–H groups in total. The molecule has 3 aliphatic heterocycles. The van der Waals surface area contributed by atoms with Crippen molar-refractivity contribution in [3.63, 3.8) is 0 Å². The summed E-state index contributed by atoms with van der Waals surface area (Å²) in [4.78, 5) is 43.3. The van der Waals surface area contributed by atoms with E-state index in [0.29, 0.717) is 23.6 Å². The largest absolute Gasteiger partial charge is 0.503 e. The molecule has 1 spiro atoms. The molecule has 1 saturated heterocycles. The first-order chi connectivity index (χ1) is 14.9. The molecular weight excluding hydrogens is 400 g/mol. The number of amides is 2. The molecule has 8 heteroatoms. The van der Waals surface area contributed by atoms with Crippen LogP contribution in [-0.4, -0.2) is 53.9 Å². The second kappa shape index (κ2) is 6.81. The minimum atomic E-state index is -1.77. The number of ether oxygens (including phenoxy) is 1. The maximum Gasteiger partial charge on any atom is 0.290 e. The number of ketones is 1. The number of hydrogen-bond acceptors (Lipinski definition) is 6. The fourth-order valence-electron chi connectivity index (χ4n) is 4.90. The highest BCUT2D eigenvalue weighted by Crippen LogP contribution is 2.53. The maximum absolute atomic E-state index is 13.8. The van der Waals surface area contributed by atoms with Gasteiger partial charge in [0.15, 0.2) is 17.1 Å². The van der Waals surface area contributed by atoms with E-state index in [1.54, 1.807) is 44.3 Å². The van der Waals surface area contributed by atoms with Gasteiger partial charge in [-0.2, -0.15) is 0 Å². The summed E-state index contributed by atoms with van der Waals surface area (Å²) in [6.45, 7) is 2.35. The van der Waals surface area contributed by atoms with Gasteiger partial charge in [0.1, 0.15) is 5.76 Å². The number of anilines is 1. The second-order valence-corrected chi connectivity index (χ2v) is 8.11. The molecule has 1 aromatic heterocycles. The van der Waals surface area contributed by atoms with Crippen LogP contribution in [0, 0.1) is 6.92 Å². The molecule has 2 atom stereocenters. The fraction of sp³-hybridized carbons (Fsp3) is 0.348. The third-order valence-electron chi connectivity index (χ3n) is 6.32. The Balaban J connectivity index is 1.74. The molecule has 2 amide bonds. The number of aliphatic hydroxyl groups is 1.